The Balaban J connectivity index is 2.10. The molecule has 1 saturated heterocycles. The predicted octanol–water partition coefficient (Wildman–Crippen LogP) is 5.91. The van der Waals surface area contributed by atoms with E-state index in [1.807, 2.05) is 13.8 Å². The molecule has 1 fully saturated rings. The summed E-state index contributed by atoms with van der Waals surface area (Å²) in [4.78, 5) is 13.7. The first-order chi connectivity index (χ1) is 13.8. The molecule has 1 aromatic rings. The summed E-state index contributed by atoms with van der Waals surface area (Å²) in [5.41, 5.74) is -4.50. The van der Waals surface area contributed by atoms with Crippen LogP contribution >= 0.6 is 0 Å². The Kier molecular flexibility index (Phi) is 7.32. The second kappa shape index (κ2) is 9.03. The van der Waals surface area contributed by atoms with Crippen LogP contribution in [0.1, 0.15) is 57.1 Å². The molecule has 170 valence electrons. The molecule has 2 amide bonds. The van der Waals surface area contributed by atoms with Gasteiger partial charge in [0.2, 0.25) is 0 Å². The Morgan fingerprint density at radius 3 is 1.90 bits per heavy atom. The fourth-order valence-corrected chi connectivity index (χ4v) is 3.67. The summed E-state index contributed by atoms with van der Waals surface area (Å²) in [6, 6.07) is 0.155. The number of alkyl halides is 6. The third kappa shape index (κ3) is 6.26. The van der Waals surface area contributed by atoms with Crippen LogP contribution in [-0.4, -0.2) is 34.7 Å². The summed E-state index contributed by atoms with van der Waals surface area (Å²) in [5.74, 6) is 0.348. The summed E-state index contributed by atoms with van der Waals surface area (Å²) in [5, 5.41) is 12.9. The van der Waals surface area contributed by atoms with Gasteiger partial charge in [0, 0.05) is 18.8 Å². The third-order valence-corrected chi connectivity index (χ3v) is 5.64. The number of piperidine rings is 1. The lowest BCUT2D eigenvalue weighted by molar-refractivity contribution is -0.143. The fraction of sp³-hybridized carbons (Fsp3) is 0.650. The van der Waals surface area contributed by atoms with Crippen LogP contribution in [0.25, 0.3) is 0 Å². The maximum atomic E-state index is 13.0. The Labute approximate surface area is 171 Å². The number of hydrogen-bond acceptors (Lipinski definition) is 2. The van der Waals surface area contributed by atoms with Crippen LogP contribution in [0.3, 0.4) is 0 Å². The van der Waals surface area contributed by atoms with Crippen LogP contribution < -0.4 is 5.32 Å². The molecular weight excluding hydrogens is 414 g/mol. The molecule has 0 atom stereocenters. The van der Waals surface area contributed by atoms with E-state index in [9.17, 15) is 36.2 Å². The van der Waals surface area contributed by atoms with E-state index in [0.717, 1.165) is 12.8 Å². The Bertz CT molecular complexity index is 704. The number of rotatable bonds is 5. The zero-order valence-electron chi connectivity index (χ0n) is 16.8. The van der Waals surface area contributed by atoms with E-state index in [4.69, 9.17) is 0 Å². The van der Waals surface area contributed by atoms with Gasteiger partial charge in [-0.2, -0.15) is 26.3 Å². The summed E-state index contributed by atoms with van der Waals surface area (Å²) >= 11 is 0. The van der Waals surface area contributed by atoms with Crippen LogP contribution in [-0.2, 0) is 12.4 Å². The smallest absolute Gasteiger partial charge is 0.390 e. The van der Waals surface area contributed by atoms with Gasteiger partial charge in [-0.3, -0.25) is 0 Å². The molecule has 0 bridgehead atoms. The highest BCUT2D eigenvalue weighted by molar-refractivity contribution is 5.89. The molecule has 0 saturated carbocycles. The topological polar surface area (TPSA) is 52.6 Å². The van der Waals surface area contributed by atoms with E-state index in [1.54, 1.807) is 0 Å². The van der Waals surface area contributed by atoms with Gasteiger partial charge < -0.3 is 15.3 Å². The van der Waals surface area contributed by atoms with E-state index >= 15 is 0 Å². The van der Waals surface area contributed by atoms with Crippen molar-refractivity contribution in [3.05, 3.63) is 29.3 Å². The molecule has 0 spiro atoms. The number of likely N-dealkylation sites (tertiary alicyclic amines) is 1. The van der Waals surface area contributed by atoms with Gasteiger partial charge in [0.15, 0.2) is 0 Å². The zero-order valence-corrected chi connectivity index (χ0v) is 16.8. The van der Waals surface area contributed by atoms with Crippen molar-refractivity contribution in [2.75, 3.05) is 18.4 Å². The van der Waals surface area contributed by atoms with Gasteiger partial charge >= 0.3 is 18.4 Å². The molecule has 1 aromatic carbocycles. The molecule has 30 heavy (non-hydrogen) atoms. The maximum Gasteiger partial charge on any atom is 0.416 e. The minimum Gasteiger partial charge on any atom is -0.390 e. The molecule has 4 nitrogen and oxygen atoms in total. The highest BCUT2D eigenvalue weighted by Gasteiger charge is 2.38. The minimum atomic E-state index is -4.99. The Hall–Kier alpha value is -1.97. The second-order valence-electron chi connectivity index (χ2n) is 7.82. The summed E-state index contributed by atoms with van der Waals surface area (Å²) in [6.45, 7) is 4.38. The van der Waals surface area contributed by atoms with Crippen LogP contribution in [0.2, 0.25) is 0 Å². The standard InChI is InChI=1S/C20H26F6N2O2/c1-3-13(4-2)12-18(30)5-7-28(8-6-18)17(29)27-16-10-14(19(21,22)23)9-15(11-16)20(24,25)26/h9-11,13,30H,3-8,12H2,1-2H3,(H,27,29). The van der Waals surface area contributed by atoms with Gasteiger partial charge in [-0.25, -0.2) is 4.79 Å². The van der Waals surface area contributed by atoms with Crippen LogP contribution in [0.5, 0.6) is 0 Å². The SMILES string of the molecule is CCC(CC)CC1(O)CCN(C(=O)Nc2cc(C(F)(F)F)cc(C(F)(F)F)c2)CC1. The molecule has 1 aliphatic heterocycles. The predicted molar refractivity (Wildman–Crippen MR) is 99.9 cm³/mol. The number of aliphatic hydroxyl groups is 1. The van der Waals surface area contributed by atoms with E-state index in [1.165, 1.54) is 4.90 Å². The number of nitrogens with one attached hydrogen (secondary N) is 1. The van der Waals surface area contributed by atoms with Crippen LogP contribution in [0, 0.1) is 5.92 Å². The number of halogens is 6. The molecule has 0 unspecified atom stereocenters. The van der Waals surface area contributed by atoms with Crippen molar-refractivity contribution in [2.24, 2.45) is 5.92 Å². The van der Waals surface area contributed by atoms with Gasteiger partial charge in [0.05, 0.1) is 16.7 Å². The number of benzene rings is 1. The summed E-state index contributed by atoms with van der Waals surface area (Å²) in [6.07, 6.45) is -6.95. The largest absolute Gasteiger partial charge is 0.416 e. The van der Waals surface area contributed by atoms with Gasteiger partial charge in [-0.15, -0.1) is 0 Å². The lowest BCUT2D eigenvalue weighted by atomic mass is 9.81. The maximum absolute atomic E-state index is 13.0. The zero-order chi connectivity index (χ0) is 22.7. The first kappa shape index (κ1) is 24.3. The van der Waals surface area contributed by atoms with E-state index in [-0.39, 0.29) is 19.2 Å². The average Bonchev–Trinajstić information content (AvgIpc) is 2.65. The minimum absolute atomic E-state index is 0.00848. The Morgan fingerprint density at radius 1 is 1.03 bits per heavy atom. The first-order valence-corrected chi connectivity index (χ1v) is 9.85. The number of urea groups is 1. The van der Waals surface area contributed by atoms with Crippen molar-refractivity contribution >= 4 is 11.7 Å². The molecule has 10 heteroatoms. The number of nitrogens with zero attached hydrogens (tertiary/aromatic N) is 1. The van der Waals surface area contributed by atoms with Crippen LogP contribution in [0.15, 0.2) is 18.2 Å². The van der Waals surface area contributed by atoms with Gasteiger partial charge in [-0.05, 0) is 43.4 Å². The van der Waals surface area contributed by atoms with Gasteiger partial charge in [-0.1, -0.05) is 26.7 Å². The van der Waals surface area contributed by atoms with Gasteiger partial charge in [0.1, 0.15) is 0 Å². The van der Waals surface area contributed by atoms with Crippen molar-refractivity contribution in [3.8, 4) is 0 Å². The Morgan fingerprint density at radius 2 is 1.50 bits per heavy atom. The molecule has 2 N–H and O–H groups in total. The summed E-state index contributed by atoms with van der Waals surface area (Å²) in [7, 11) is 0. The lowest BCUT2D eigenvalue weighted by Gasteiger charge is -2.39. The molecule has 1 aliphatic rings. The monoisotopic (exact) mass is 440 g/mol. The lowest BCUT2D eigenvalue weighted by Crippen LogP contribution is -2.48. The second-order valence-corrected chi connectivity index (χ2v) is 7.82. The molecule has 0 aliphatic carbocycles. The van der Waals surface area contributed by atoms with Crippen molar-refractivity contribution in [2.45, 2.75) is 63.9 Å². The van der Waals surface area contributed by atoms with E-state index in [2.05, 4.69) is 5.32 Å². The number of carbonyl (C=O) groups is 1. The molecule has 0 radical (unpaired) electrons. The molecule has 1 heterocycles. The fourth-order valence-electron chi connectivity index (χ4n) is 3.67. The summed E-state index contributed by atoms with van der Waals surface area (Å²) < 4.78 is 77.7. The number of anilines is 1. The highest BCUT2D eigenvalue weighted by Crippen LogP contribution is 2.38. The average molecular weight is 440 g/mol. The number of amides is 2. The van der Waals surface area contributed by atoms with E-state index < -0.39 is 40.8 Å². The van der Waals surface area contributed by atoms with Crippen LogP contribution in [0.4, 0.5) is 36.8 Å². The normalized spacial score (nSPS) is 17.3. The number of carbonyl (C=O) groups excluding carboxylic acids is 1. The van der Waals surface area contributed by atoms with Crippen molar-refractivity contribution in [1.82, 2.24) is 4.90 Å². The van der Waals surface area contributed by atoms with Crippen molar-refractivity contribution in [1.29, 1.82) is 0 Å². The van der Waals surface area contributed by atoms with E-state index in [0.29, 0.717) is 37.3 Å². The molecular formula is C20H26F6N2O2. The third-order valence-electron chi connectivity index (χ3n) is 5.64. The van der Waals surface area contributed by atoms with Crippen molar-refractivity contribution < 1.29 is 36.2 Å². The molecule has 2 rings (SSSR count). The molecule has 0 aromatic heterocycles. The quantitative estimate of drug-likeness (QED) is 0.560. The first-order valence-electron chi connectivity index (χ1n) is 9.85. The van der Waals surface area contributed by atoms with Crippen molar-refractivity contribution in [3.63, 3.8) is 0 Å². The van der Waals surface area contributed by atoms with Gasteiger partial charge in [0.25, 0.3) is 0 Å². The highest BCUT2D eigenvalue weighted by atomic mass is 19.4. The number of hydrogen-bond donors (Lipinski definition) is 2.